The Labute approximate surface area is 140 Å². The highest BCUT2D eigenvalue weighted by Gasteiger charge is 2.26. The van der Waals surface area contributed by atoms with Gasteiger partial charge in [0.2, 0.25) is 10.0 Å². The predicted molar refractivity (Wildman–Crippen MR) is 88.6 cm³/mol. The summed E-state index contributed by atoms with van der Waals surface area (Å²) in [6.45, 7) is 1.75. The van der Waals surface area contributed by atoms with Crippen molar-refractivity contribution in [2.75, 3.05) is 7.11 Å². The second kappa shape index (κ2) is 6.37. The zero-order chi connectivity index (χ0) is 17.3. The van der Waals surface area contributed by atoms with E-state index in [-0.39, 0.29) is 28.7 Å². The monoisotopic (exact) mass is 349 g/mol. The highest BCUT2D eigenvalue weighted by atomic mass is 32.2. The van der Waals surface area contributed by atoms with Gasteiger partial charge in [0.05, 0.1) is 19.3 Å². The smallest absolute Gasteiger partial charge is 0.251 e. The Morgan fingerprint density at radius 2 is 2.08 bits per heavy atom. The number of rotatable bonds is 6. The van der Waals surface area contributed by atoms with Crippen molar-refractivity contribution in [2.24, 2.45) is 0 Å². The average Bonchev–Trinajstić information content (AvgIpc) is 3.37. The fourth-order valence-corrected chi connectivity index (χ4v) is 3.66. The molecule has 1 aliphatic carbocycles. The van der Waals surface area contributed by atoms with Crippen molar-refractivity contribution in [1.82, 2.24) is 14.7 Å². The first-order chi connectivity index (χ1) is 11.4. The number of ether oxygens (including phenoxy) is 1. The number of hydrogen-bond donors (Lipinski definition) is 2. The normalized spacial score (nSPS) is 14.6. The molecule has 1 fully saturated rings. The van der Waals surface area contributed by atoms with Crippen LogP contribution in [-0.2, 0) is 16.6 Å². The first-order valence-electron chi connectivity index (χ1n) is 7.63. The van der Waals surface area contributed by atoms with Crippen LogP contribution in [0.25, 0.3) is 0 Å². The molecule has 0 radical (unpaired) electrons. The van der Waals surface area contributed by atoms with Gasteiger partial charge < -0.3 is 9.72 Å². The third-order valence-electron chi connectivity index (χ3n) is 3.83. The van der Waals surface area contributed by atoms with Gasteiger partial charge in [0.25, 0.3) is 5.56 Å². The van der Waals surface area contributed by atoms with E-state index in [0.717, 1.165) is 18.4 Å². The van der Waals surface area contributed by atoms with Gasteiger partial charge in [0.1, 0.15) is 16.5 Å². The largest absolute Gasteiger partial charge is 0.495 e. The van der Waals surface area contributed by atoms with Gasteiger partial charge in [0.15, 0.2) is 0 Å². The summed E-state index contributed by atoms with van der Waals surface area (Å²) in [5.74, 6) is 1.18. The molecule has 0 saturated heterocycles. The minimum absolute atomic E-state index is 0.0525. The number of aromatic nitrogens is 2. The van der Waals surface area contributed by atoms with Crippen molar-refractivity contribution in [3.05, 3.63) is 51.7 Å². The molecule has 2 N–H and O–H groups in total. The minimum atomic E-state index is -3.78. The van der Waals surface area contributed by atoms with Gasteiger partial charge in [-0.1, -0.05) is 6.07 Å². The number of nitrogens with zero attached hydrogens (tertiary/aromatic N) is 1. The van der Waals surface area contributed by atoms with Crippen LogP contribution in [0, 0.1) is 6.92 Å². The van der Waals surface area contributed by atoms with Gasteiger partial charge in [-0.25, -0.2) is 18.1 Å². The van der Waals surface area contributed by atoms with Crippen LogP contribution in [0.5, 0.6) is 5.75 Å². The number of sulfonamides is 1. The van der Waals surface area contributed by atoms with Crippen LogP contribution in [0.4, 0.5) is 0 Å². The van der Waals surface area contributed by atoms with Gasteiger partial charge in [-0.05, 0) is 37.5 Å². The summed E-state index contributed by atoms with van der Waals surface area (Å²) >= 11 is 0. The summed E-state index contributed by atoms with van der Waals surface area (Å²) in [7, 11) is -2.36. The van der Waals surface area contributed by atoms with E-state index in [1.165, 1.54) is 13.2 Å². The van der Waals surface area contributed by atoms with Crippen LogP contribution < -0.4 is 15.0 Å². The summed E-state index contributed by atoms with van der Waals surface area (Å²) in [5.41, 5.74) is 0.937. The molecule has 1 aliphatic rings. The van der Waals surface area contributed by atoms with E-state index in [0.29, 0.717) is 11.5 Å². The molecular weight excluding hydrogens is 330 g/mol. The maximum atomic E-state index is 12.5. The topological polar surface area (TPSA) is 101 Å². The molecule has 8 heteroatoms. The second-order valence-corrected chi connectivity index (χ2v) is 7.61. The fraction of sp³-hybridized carbons (Fsp3) is 0.375. The van der Waals surface area contributed by atoms with Crippen molar-refractivity contribution < 1.29 is 13.2 Å². The number of aromatic amines is 1. The summed E-state index contributed by atoms with van der Waals surface area (Å²) in [6.07, 6.45) is 2.00. The molecule has 0 amide bonds. The van der Waals surface area contributed by atoms with Crippen molar-refractivity contribution >= 4 is 10.0 Å². The number of nitrogens with one attached hydrogen (secondary N) is 2. The Bertz CT molecular complexity index is 917. The van der Waals surface area contributed by atoms with Gasteiger partial charge in [-0.3, -0.25) is 4.79 Å². The van der Waals surface area contributed by atoms with Crippen molar-refractivity contribution in [1.29, 1.82) is 0 Å². The first-order valence-corrected chi connectivity index (χ1v) is 9.12. The third kappa shape index (κ3) is 3.65. The lowest BCUT2D eigenvalue weighted by Crippen LogP contribution is -2.25. The fourth-order valence-electron chi connectivity index (χ4n) is 2.41. The van der Waals surface area contributed by atoms with Crippen molar-refractivity contribution in [2.45, 2.75) is 37.1 Å². The Hall–Kier alpha value is -2.19. The first kappa shape index (κ1) is 16.7. The van der Waals surface area contributed by atoms with Gasteiger partial charge in [-0.15, -0.1) is 0 Å². The van der Waals surface area contributed by atoms with Crippen LogP contribution in [0.3, 0.4) is 0 Å². The molecule has 0 atom stereocenters. The lowest BCUT2D eigenvalue weighted by molar-refractivity contribution is 0.402. The quantitative estimate of drug-likeness (QED) is 0.822. The molecular formula is C16H19N3O4S. The molecule has 24 heavy (non-hydrogen) atoms. The minimum Gasteiger partial charge on any atom is -0.495 e. The van der Waals surface area contributed by atoms with E-state index in [2.05, 4.69) is 14.7 Å². The summed E-state index contributed by atoms with van der Waals surface area (Å²) in [4.78, 5) is 18.8. The zero-order valence-corrected chi connectivity index (χ0v) is 14.3. The van der Waals surface area contributed by atoms with Gasteiger partial charge in [0, 0.05) is 12.0 Å². The van der Waals surface area contributed by atoms with Crippen LogP contribution in [0.1, 0.15) is 35.8 Å². The lowest BCUT2D eigenvalue weighted by atomic mass is 10.2. The molecule has 1 aromatic carbocycles. The standard InChI is InChI=1S/C16H19N3O4S/c1-10-3-6-13(23-2)14(7-10)24(21,22)17-9-12-8-15(20)19-16(18-12)11-4-5-11/h3,6-8,11,17H,4-5,9H2,1-2H3,(H,18,19,20). The van der Waals surface area contributed by atoms with E-state index in [1.54, 1.807) is 25.1 Å². The predicted octanol–water partition coefficient (Wildman–Crippen LogP) is 1.44. The van der Waals surface area contributed by atoms with Gasteiger partial charge in [-0.2, -0.15) is 0 Å². The number of methoxy groups -OCH3 is 1. The highest BCUT2D eigenvalue weighted by molar-refractivity contribution is 7.89. The molecule has 1 saturated carbocycles. The second-order valence-electron chi connectivity index (χ2n) is 5.88. The Kier molecular flexibility index (Phi) is 4.42. The molecule has 0 spiro atoms. The van der Waals surface area contributed by atoms with Crippen LogP contribution in [-0.4, -0.2) is 25.5 Å². The Morgan fingerprint density at radius 3 is 2.75 bits per heavy atom. The summed E-state index contributed by atoms with van der Waals surface area (Å²) in [5, 5.41) is 0. The maximum Gasteiger partial charge on any atom is 0.251 e. The van der Waals surface area contributed by atoms with E-state index < -0.39 is 10.0 Å². The molecule has 0 unspecified atom stereocenters. The van der Waals surface area contributed by atoms with Crippen molar-refractivity contribution in [3.8, 4) is 5.75 Å². The molecule has 2 aromatic rings. The summed E-state index contributed by atoms with van der Waals surface area (Å²) in [6, 6.07) is 6.24. The molecule has 1 heterocycles. The number of benzene rings is 1. The SMILES string of the molecule is COc1ccc(C)cc1S(=O)(=O)NCc1cc(=O)[nH]c(C2CC2)n1. The molecule has 3 rings (SSSR count). The Balaban J connectivity index is 1.83. The van der Waals surface area contributed by atoms with Crippen LogP contribution >= 0.6 is 0 Å². The average molecular weight is 349 g/mol. The summed E-state index contributed by atoms with van der Waals surface area (Å²) < 4.78 is 32.7. The van der Waals surface area contributed by atoms with Crippen LogP contribution in [0.15, 0.2) is 34.0 Å². The van der Waals surface area contributed by atoms with Crippen LogP contribution in [0.2, 0.25) is 0 Å². The maximum absolute atomic E-state index is 12.5. The molecule has 128 valence electrons. The number of aryl methyl sites for hydroxylation is 1. The number of hydrogen-bond acceptors (Lipinski definition) is 5. The molecule has 7 nitrogen and oxygen atoms in total. The van der Waals surface area contributed by atoms with E-state index in [9.17, 15) is 13.2 Å². The van der Waals surface area contributed by atoms with E-state index >= 15 is 0 Å². The third-order valence-corrected chi connectivity index (χ3v) is 5.25. The molecule has 0 aliphatic heterocycles. The van der Waals surface area contributed by atoms with Crippen molar-refractivity contribution in [3.63, 3.8) is 0 Å². The molecule has 0 bridgehead atoms. The Morgan fingerprint density at radius 1 is 1.33 bits per heavy atom. The highest BCUT2D eigenvalue weighted by Crippen LogP contribution is 2.37. The number of H-pyrrole nitrogens is 1. The lowest BCUT2D eigenvalue weighted by Gasteiger charge is -2.11. The zero-order valence-electron chi connectivity index (χ0n) is 13.5. The van der Waals surface area contributed by atoms with E-state index in [1.807, 2.05) is 0 Å². The molecule has 1 aromatic heterocycles. The van der Waals surface area contributed by atoms with Gasteiger partial charge >= 0.3 is 0 Å². The van der Waals surface area contributed by atoms with E-state index in [4.69, 9.17) is 4.74 Å².